The summed E-state index contributed by atoms with van der Waals surface area (Å²) in [5, 5.41) is 9.17. The van der Waals surface area contributed by atoms with E-state index in [0.29, 0.717) is 42.6 Å². The molecule has 1 aliphatic heterocycles. The van der Waals surface area contributed by atoms with E-state index in [2.05, 4.69) is 4.98 Å². The van der Waals surface area contributed by atoms with E-state index in [9.17, 15) is 19.5 Å². The van der Waals surface area contributed by atoms with Crippen LogP contribution in [0.5, 0.6) is 0 Å². The van der Waals surface area contributed by atoms with Gasteiger partial charge in [0.15, 0.2) is 0 Å². The highest BCUT2D eigenvalue weighted by Gasteiger charge is 2.41. The number of primary amides is 1. The van der Waals surface area contributed by atoms with Crippen LogP contribution in [0.25, 0.3) is 0 Å². The number of nitrogens with two attached hydrogens (primary N) is 1. The molecule has 23 heavy (non-hydrogen) atoms. The molecule has 2 rings (SSSR count). The van der Waals surface area contributed by atoms with Crippen molar-refractivity contribution < 1.29 is 19.5 Å². The van der Waals surface area contributed by atoms with Crippen molar-refractivity contribution in [3.8, 4) is 0 Å². The van der Waals surface area contributed by atoms with Crippen molar-refractivity contribution >= 4 is 17.8 Å². The molecule has 0 spiro atoms. The topological polar surface area (TPSA) is 116 Å². The van der Waals surface area contributed by atoms with E-state index in [1.165, 1.54) is 0 Å². The molecule has 1 atom stereocenters. The number of hydrogen-bond donors (Lipinski definition) is 3. The lowest BCUT2D eigenvalue weighted by atomic mass is 9.77. The molecule has 0 aromatic carbocycles. The Labute approximate surface area is 134 Å². The molecule has 0 aliphatic carbocycles. The van der Waals surface area contributed by atoms with Gasteiger partial charge in [-0.3, -0.25) is 9.59 Å². The second kappa shape index (κ2) is 6.06. The average Bonchev–Trinajstić information content (AvgIpc) is 2.81. The largest absolute Gasteiger partial charge is 0.477 e. The molecular weight excluding hydrogens is 298 g/mol. The van der Waals surface area contributed by atoms with Crippen molar-refractivity contribution in [2.45, 2.75) is 40.0 Å². The number of amides is 2. The average molecular weight is 321 g/mol. The summed E-state index contributed by atoms with van der Waals surface area (Å²) in [5.41, 5.74) is 6.21. The predicted octanol–water partition coefficient (Wildman–Crippen LogP) is 1.45. The quantitative estimate of drug-likeness (QED) is 0.778. The Balaban J connectivity index is 2.34. The van der Waals surface area contributed by atoms with Gasteiger partial charge in [0.05, 0.1) is 11.0 Å². The van der Waals surface area contributed by atoms with Gasteiger partial charge in [0.2, 0.25) is 5.91 Å². The third-order valence-electron chi connectivity index (χ3n) is 4.93. The van der Waals surface area contributed by atoms with E-state index < -0.39 is 11.4 Å². The van der Waals surface area contributed by atoms with Crippen molar-refractivity contribution in [3.05, 3.63) is 22.5 Å². The zero-order valence-corrected chi connectivity index (χ0v) is 13.7. The number of H-pyrrole nitrogens is 1. The number of nitrogens with zero attached hydrogens (tertiary/aromatic N) is 1. The number of likely N-dealkylation sites (tertiary alicyclic amines) is 1. The molecule has 0 radical (unpaired) electrons. The van der Waals surface area contributed by atoms with Gasteiger partial charge in [0, 0.05) is 18.8 Å². The fraction of sp³-hybridized carbons (Fsp3) is 0.562. The number of hydrogen-bond acceptors (Lipinski definition) is 3. The summed E-state index contributed by atoms with van der Waals surface area (Å²) in [7, 11) is 0. The number of aromatic nitrogens is 1. The molecule has 1 aliphatic rings. The van der Waals surface area contributed by atoms with Crippen LogP contribution in [-0.4, -0.2) is 45.9 Å². The minimum Gasteiger partial charge on any atom is -0.477 e. The Hall–Kier alpha value is -2.31. The maximum Gasteiger partial charge on any atom is 0.352 e. The van der Waals surface area contributed by atoms with E-state index in [0.717, 1.165) is 0 Å². The fourth-order valence-electron chi connectivity index (χ4n) is 3.41. The van der Waals surface area contributed by atoms with Crippen LogP contribution in [0.2, 0.25) is 0 Å². The molecule has 2 amide bonds. The summed E-state index contributed by atoms with van der Waals surface area (Å²) < 4.78 is 0. The van der Waals surface area contributed by atoms with Gasteiger partial charge in [-0.2, -0.15) is 0 Å². The lowest BCUT2D eigenvalue weighted by Gasteiger charge is -2.40. The smallest absolute Gasteiger partial charge is 0.352 e. The summed E-state index contributed by atoms with van der Waals surface area (Å²) in [5.74, 6) is -1.72. The van der Waals surface area contributed by atoms with Gasteiger partial charge in [0.1, 0.15) is 5.69 Å². The highest BCUT2D eigenvalue weighted by molar-refractivity contribution is 6.01. The maximum atomic E-state index is 12.9. The molecule has 7 nitrogen and oxygen atoms in total. The van der Waals surface area contributed by atoms with Crippen LogP contribution in [0.3, 0.4) is 0 Å². The first-order valence-corrected chi connectivity index (χ1v) is 7.75. The van der Waals surface area contributed by atoms with Gasteiger partial charge in [-0.1, -0.05) is 6.92 Å². The molecular formula is C16H23N3O4. The van der Waals surface area contributed by atoms with Crippen LogP contribution in [0.4, 0.5) is 0 Å². The van der Waals surface area contributed by atoms with E-state index in [1.54, 1.807) is 18.7 Å². The second-order valence-corrected chi connectivity index (χ2v) is 6.26. The van der Waals surface area contributed by atoms with Crippen LogP contribution in [-0.2, 0) is 4.79 Å². The third kappa shape index (κ3) is 2.83. The molecule has 126 valence electrons. The van der Waals surface area contributed by atoms with E-state index >= 15 is 0 Å². The van der Waals surface area contributed by atoms with Crippen LogP contribution in [0.15, 0.2) is 0 Å². The minimum absolute atomic E-state index is 0.0273. The van der Waals surface area contributed by atoms with Gasteiger partial charge in [-0.05, 0) is 38.7 Å². The predicted molar refractivity (Wildman–Crippen MR) is 84.3 cm³/mol. The normalized spacial score (nSPS) is 21.3. The monoisotopic (exact) mass is 321 g/mol. The van der Waals surface area contributed by atoms with Crippen molar-refractivity contribution in [2.24, 2.45) is 11.1 Å². The van der Waals surface area contributed by atoms with Gasteiger partial charge in [-0.25, -0.2) is 4.79 Å². The van der Waals surface area contributed by atoms with Crippen molar-refractivity contribution in [3.63, 3.8) is 0 Å². The number of carbonyl (C=O) groups is 3. The summed E-state index contributed by atoms with van der Waals surface area (Å²) in [6.07, 6.45) is 1.96. The lowest BCUT2D eigenvalue weighted by molar-refractivity contribution is -0.130. The van der Waals surface area contributed by atoms with Gasteiger partial charge in [0.25, 0.3) is 5.91 Å². The Bertz CT molecular complexity index is 665. The fourth-order valence-corrected chi connectivity index (χ4v) is 3.41. The Kier molecular flexibility index (Phi) is 4.49. The van der Waals surface area contributed by atoms with Crippen molar-refractivity contribution in [2.75, 3.05) is 13.1 Å². The molecule has 1 aromatic heterocycles. The summed E-state index contributed by atoms with van der Waals surface area (Å²) in [4.78, 5) is 40.3. The van der Waals surface area contributed by atoms with Gasteiger partial charge < -0.3 is 20.7 Å². The molecule has 7 heteroatoms. The number of aromatic carboxylic acids is 1. The van der Waals surface area contributed by atoms with Crippen LogP contribution in [0, 0.1) is 19.3 Å². The number of carboxylic acid groups (broad SMARTS) is 1. The lowest BCUT2D eigenvalue weighted by Crippen LogP contribution is -2.52. The minimum atomic E-state index is -1.09. The number of carbonyl (C=O) groups excluding carboxylic acids is 2. The first-order valence-electron chi connectivity index (χ1n) is 7.75. The van der Waals surface area contributed by atoms with E-state index in [1.807, 2.05) is 6.92 Å². The van der Waals surface area contributed by atoms with Gasteiger partial charge in [-0.15, -0.1) is 0 Å². The first-order chi connectivity index (χ1) is 10.7. The highest BCUT2D eigenvalue weighted by Crippen LogP contribution is 2.34. The number of carboxylic acids is 1. The van der Waals surface area contributed by atoms with Crippen LogP contribution < -0.4 is 5.73 Å². The Morgan fingerprint density at radius 3 is 2.48 bits per heavy atom. The van der Waals surface area contributed by atoms with Crippen molar-refractivity contribution in [1.82, 2.24) is 9.88 Å². The summed E-state index contributed by atoms with van der Waals surface area (Å²) >= 11 is 0. The molecule has 0 bridgehead atoms. The van der Waals surface area contributed by atoms with E-state index in [4.69, 9.17) is 5.73 Å². The first kappa shape index (κ1) is 17.1. The zero-order chi connectivity index (χ0) is 17.4. The number of rotatable bonds is 4. The molecule has 1 fully saturated rings. The molecule has 0 saturated carbocycles. The van der Waals surface area contributed by atoms with Gasteiger partial charge >= 0.3 is 5.97 Å². The molecule has 4 N–H and O–H groups in total. The summed E-state index contributed by atoms with van der Waals surface area (Å²) in [6, 6.07) is 0. The number of aromatic amines is 1. The number of piperidine rings is 1. The summed E-state index contributed by atoms with van der Waals surface area (Å²) in [6.45, 7) is 6.02. The molecule has 2 heterocycles. The second-order valence-electron chi connectivity index (χ2n) is 6.26. The highest BCUT2D eigenvalue weighted by atomic mass is 16.4. The third-order valence-corrected chi connectivity index (χ3v) is 4.93. The Morgan fingerprint density at radius 1 is 1.35 bits per heavy atom. The molecule has 0 unspecified atom stereocenters. The molecule has 1 saturated heterocycles. The van der Waals surface area contributed by atoms with Crippen LogP contribution >= 0.6 is 0 Å². The Morgan fingerprint density at radius 2 is 2.00 bits per heavy atom. The molecule has 1 aromatic rings. The number of nitrogens with one attached hydrogen (secondary N) is 1. The number of aryl methyl sites for hydroxylation is 1. The SMILES string of the molecule is CC[C@@]1(C(N)=O)CCCN(C(=O)c2c(C)[nH]c(C(=O)O)c2C)C1. The van der Waals surface area contributed by atoms with Crippen molar-refractivity contribution in [1.29, 1.82) is 0 Å². The van der Waals surface area contributed by atoms with Crippen LogP contribution in [0.1, 0.15) is 58.3 Å². The zero-order valence-electron chi connectivity index (χ0n) is 13.7. The van der Waals surface area contributed by atoms with E-state index in [-0.39, 0.29) is 24.1 Å². The standard InChI is InChI=1S/C16H23N3O4/c1-4-16(15(17)23)6-5-7-19(8-16)13(20)11-9(2)12(14(21)22)18-10(11)3/h18H,4-8H2,1-3H3,(H2,17,23)(H,21,22)/t16-/m1/s1. The maximum absolute atomic E-state index is 12.9.